The predicted molar refractivity (Wildman–Crippen MR) is 74.7 cm³/mol. The molecule has 4 nitrogen and oxygen atoms in total. The number of rotatable bonds is 7. The summed E-state index contributed by atoms with van der Waals surface area (Å²) >= 11 is 0. The standard InChI is InChI=1S/C14H24N4/c15-9-5-1-2-6-10-16-14-12-7-3-4-8-13(12)17-11-18-14/h11H,1-10,15H2,(H,16,17,18). The fourth-order valence-corrected chi connectivity index (χ4v) is 2.50. The molecule has 18 heavy (non-hydrogen) atoms. The van der Waals surface area contributed by atoms with Crippen LogP contribution in [0.2, 0.25) is 0 Å². The SMILES string of the molecule is NCCCCCCNc1ncnc2c1CCCC2. The van der Waals surface area contributed by atoms with Crippen LogP contribution >= 0.6 is 0 Å². The van der Waals surface area contributed by atoms with Gasteiger partial charge in [-0.15, -0.1) is 0 Å². The number of nitrogens with zero attached hydrogens (tertiary/aromatic N) is 2. The average Bonchev–Trinajstić information content (AvgIpc) is 2.43. The van der Waals surface area contributed by atoms with Crippen LogP contribution in [-0.4, -0.2) is 23.1 Å². The summed E-state index contributed by atoms with van der Waals surface area (Å²) in [4.78, 5) is 8.77. The molecule has 0 aromatic carbocycles. The second-order valence-electron chi connectivity index (χ2n) is 4.98. The van der Waals surface area contributed by atoms with Gasteiger partial charge in [0.1, 0.15) is 12.1 Å². The van der Waals surface area contributed by atoms with Crippen LogP contribution in [0.3, 0.4) is 0 Å². The Bertz CT molecular complexity index is 365. The topological polar surface area (TPSA) is 63.8 Å². The van der Waals surface area contributed by atoms with E-state index in [9.17, 15) is 0 Å². The number of fused-ring (bicyclic) bond motifs is 1. The lowest BCUT2D eigenvalue weighted by atomic mass is 9.96. The summed E-state index contributed by atoms with van der Waals surface area (Å²) in [5, 5.41) is 3.47. The molecule has 1 aliphatic rings. The molecule has 1 heterocycles. The summed E-state index contributed by atoms with van der Waals surface area (Å²) in [5.41, 5.74) is 8.08. The van der Waals surface area contributed by atoms with Crippen molar-refractivity contribution in [2.75, 3.05) is 18.4 Å². The van der Waals surface area contributed by atoms with Gasteiger partial charge in [0.15, 0.2) is 0 Å². The van der Waals surface area contributed by atoms with Crippen LogP contribution in [-0.2, 0) is 12.8 Å². The van der Waals surface area contributed by atoms with E-state index in [0.717, 1.165) is 38.2 Å². The Labute approximate surface area is 109 Å². The summed E-state index contributed by atoms with van der Waals surface area (Å²) in [6.45, 7) is 1.82. The van der Waals surface area contributed by atoms with Gasteiger partial charge in [0, 0.05) is 17.8 Å². The van der Waals surface area contributed by atoms with Gasteiger partial charge in [-0.2, -0.15) is 0 Å². The third kappa shape index (κ3) is 3.67. The molecule has 3 N–H and O–H groups in total. The van der Waals surface area contributed by atoms with Crippen LogP contribution in [0.5, 0.6) is 0 Å². The number of aryl methyl sites for hydroxylation is 1. The Kier molecular flexibility index (Phi) is 5.39. The first-order valence-electron chi connectivity index (χ1n) is 7.18. The molecule has 4 heteroatoms. The van der Waals surface area contributed by atoms with Crippen molar-refractivity contribution in [3.63, 3.8) is 0 Å². The fourth-order valence-electron chi connectivity index (χ4n) is 2.50. The average molecular weight is 248 g/mol. The summed E-state index contributed by atoms with van der Waals surface area (Å²) in [5.74, 6) is 1.07. The predicted octanol–water partition coefficient (Wildman–Crippen LogP) is 2.29. The second kappa shape index (κ2) is 7.31. The minimum atomic E-state index is 0.812. The zero-order chi connectivity index (χ0) is 12.6. The van der Waals surface area contributed by atoms with Gasteiger partial charge >= 0.3 is 0 Å². The van der Waals surface area contributed by atoms with Crippen LogP contribution in [0.4, 0.5) is 5.82 Å². The summed E-state index contributed by atoms with van der Waals surface area (Å²) in [6.07, 6.45) is 11.3. The Morgan fingerprint density at radius 2 is 1.89 bits per heavy atom. The summed E-state index contributed by atoms with van der Waals surface area (Å²) in [6, 6.07) is 0. The van der Waals surface area contributed by atoms with Gasteiger partial charge in [-0.05, 0) is 45.1 Å². The minimum Gasteiger partial charge on any atom is -0.370 e. The molecule has 0 amide bonds. The Morgan fingerprint density at radius 3 is 2.78 bits per heavy atom. The Hall–Kier alpha value is -1.16. The highest BCUT2D eigenvalue weighted by Crippen LogP contribution is 2.24. The normalized spacial score (nSPS) is 14.3. The maximum absolute atomic E-state index is 5.48. The quantitative estimate of drug-likeness (QED) is 0.727. The van der Waals surface area contributed by atoms with E-state index in [1.807, 2.05) is 0 Å². The second-order valence-corrected chi connectivity index (χ2v) is 4.98. The first kappa shape index (κ1) is 13.3. The number of unbranched alkanes of at least 4 members (excludes halogenated alkanes) is 3. The third-order valence-corrected chi connectivity index (χ3v) is 3.55. The van der Waals surface area contributed by atoms with Gasteiger partial charge in [0.25, 0.3) is 0 Å². The monoisotopic (exact) mass is 248 g/mol. The highest BCUT2D eigenvalue weighted by atomic mass is 15.0. The minimum absolute atomic E-state index is 0.812. The molecular weight excluding hydrogens is 224 g/mol. The van der Waals surface area contributed by atoms with Crippen molar-refractivity contribution >= 4 is 5.82 Å². The highest BCUT2D eigenvalue weighted by Gasteiger charge is 2.14. The van der Waals surface area contributed by atoms with Gasteiger partial charge in [-0.3, -0.25) is 0 Å². The van der Waals surface area contributed by atoms with Gasteiger partial charge in [0.2, 0.25) is 0 Å². The van der Waals surface area contributed by atoms with Crippen molar-refractivity contribution in [2.24, 2.45) is 5.73 Å². The lowest BCUT2D eigenvalue weighted by molar-refractivity contribution is 0.652. The molecular formula is C14H24N4. The van der Waals surface area contributed by atoms with Crippen molar-refractivity contribution in [3.05, 3.63) is 17.6 Å². The van der Waals surface area contributed by atoms with Crippen LogP contribution in [0.15, 0.2) is 6.33 Å². The Balaban J connectivity index is 1.79. The van der Waals surface area contributed by atoms with Crippen LogP contribution in [0.1, 0.15) is 49.8 Å². The van der Waals surface area contributed by atoms with Gasteiger partial charge in [-0.25, -0.2) is 9.97 Å². The molecule has 0 saturated heterocycles. The fraction of sp³-hybridized carbons (Fsp3) is 0.714. The molecule has 1 aliphatic carbocycles. The van der Waals surface area contributed by atoms with Crippen molar-refractivity contribution in [3.8, 4) is 0 Å². The largest absolute Gasteiger partial charge is 0.370 e. The van der Waals surface area contributed by atoms with Crippen molar-refractivity contribution < 1.29 is 0 Å². The van der Waals surface area contributed by atoms with Crippen molar-refractivity contribution in [1.29, 1.82) is 0 Å². The summed E-state index contributed by atoms with van der Waals surface area (Å²) in [7, 11) is 0. The zero-order valence-corrected chi connectivity index (χ0v) is 11.1. The molecule has 0 spiro atoms. The number of anilines is 1. The number of aromatic nitrogens is 2. The number of hydrogen-bond acceptors (Lipinski definition) is 4. The number of nitrogens with one attached hydrogen (secondary N) is 1. The van der Waals surface area contributed by atoms with Gasteiger partial charge in [-0.1, -0.05) is 12.8 Å². The molecule has 0 fully saturated rings. The van der Waals surface area contributed by atoms with Gasteiger partial charge in [0.05, 0.1) is 0 Å². The van der Waals surface area contributed by atoms with E-state index in [1.54, 1.807) is 6.33 Å². The van der Waals surface area contributed by atoms with E-state index in [4.69, 9.17) is 5.73 Å². The molecule has 0 bridgehead atoms. The van der Waals surface area contributed by atoms with Crippen molar-refractivity contribution in [1.82, 2.24) is 9.97 Å². The van der Waals surface area contributed by atoms with Gasteiger partial charge < -0.3 is 11.1 Å². The van der Waals surface area contributed by atoms with E-state index in [-0.39, 0.29) is 0 Å². The maximum Gasteiger partial charge on any atom is 0.132 e. The maximum atomic E-state index is 5.48. The van der Waals surface area contributed by atoms with Crippen LogP contribution < -0.4 is 11.1 Å². The van der Waals surface area contributed by atoms with E-state index in [0.29, 0.717) is 0 Å². The molecule has 0 atom stereocenters. The lowest BCUT2D eigenvalue weighted by Crippen LogP contribution is -2.12. The van der Waals surface area contributed by atoms with E-state index in [1.165, 1.54) is 43.4 Å². The van der Waals surface area contributed by atoms with E-state index < -0.39 is 0 Å². The smallest absolute Gasteiger partial charge is 0.132 e. The summed E-state index contributed by atoms with van der Waals surface area (Å²) < 4.78 is 0. The van der Waals surface area contributed by atoms with E-state index in [2.05, 4.69) is 15.3 Å². The molecule has 0 saturated carbocycles. The molecule has 2 rings (SSSR count). The first-order chi connectivity index (χ1) is 8.92. The lowest BCUT2D eigenvalue weighted by Gasteiger charge is -2.17. The molecule has 1 aromatic rings. The zero-order valence-electron chi connectivity index (χ0n) is 11.1. The highest BCUT2D eigenvalue weighted by molar-refractivity contribution is 5.46. The van der Waals surface area contributed by atoms with Crippen LogP contribution in [0.25, 0.3) is 0 Å². The first-order valence-corrected chi connectivity index (χ1v) is 7.18. The Morgan fingerprint density at radius 1 is 1.06 bits per heavy atom. The molecule has 100 valence electrons. The molecule has 0 unspecified atom stereocenters. The van der Waals surface area contributed by atoms with E-state index >= 15 is 0 Å². The van der Waals surface area contributed by atoms with Crippen molar-refractivity contribution in [2.45, 2.75) is 51.4 Å². The molecule has 0 radical (unpaired) electrons. The molecule has 1 aromatic heterocycles. The third-order valence-electron chi connectivity index (χ3n) is 3.55. The molecule has 0 aliphatic heterocycles. The van der Waals surface area contributed by atoms with Crippen LogP contribution in [0, 0.1) is 0 Å². The number of nitrogens with two attached hydrogens (primary N) is 1. The number of hydrogen-bond donors (Lipinski definition) is 2.